The van der Waals surface area contributed by atoms with E-state index in [1.807, 2.05) is 7.05 Å². The first kappa shape index (κ1) is 12.4. The molecule has 1 saturated heterocycles. The number of nitrogens with zero attached hydrogens (tertiary/aromatic N) is 1. The molecule has 2 N–H and O–H groups in total. The minimum atomic E-state index is -0.702. The molecule has 1 saturated carbocycles. The highest BCUT2D eigenvalue weighted by atomic mass is 16.4. The average molecular weight is 240 g/mol. The van der Waals surface area contributed by atoms with Crippen LogP contribution in [0.2, 0.25) is 0 Å². The van der Waals surface area contributed by atoms with Gasteiger partial charge in [-0.25, -0.2) is 0 Å². The third-order valence-corrected chi connectivity index (χ3v) is 3.89. The van der Waals surface area contributed by atoms with Crippen molar-refractivity contribution in [1.29, 1.82) is 0 Å². The van der Waals surface area contributed by atoms with Crippen molar-refractivity contribution >= 4 is 11.9 Å². The zero-order valence-electron chi connectivity index (χ0n) is 10.2. The van der Waals surface area contributed by atoms with Gasteiger partial charge in [0.1, 0.15) is 0 Å². The van der Waals surface area contributed by atoms with Crippen LogP contribution in [0, 0.1) is 5.92 Å². The van der Waals surface area contributed by atoms with Crippen molar-refractivity contribution in [2.45, 2.75) is 44.2 Å². The van der Waals surface area contributed by atoms with E-state index in [4.69, 9.17) is 5.11 Å². The second-order valence-corrected chi connectivity index (χ2v) is 5.17. The van der Waals surface area contributed by atoms with Crippen molar-refractivity contribution in [2.24, 2.45) is 5.92 Å². The molecule has 2 aliphatic rings. The Bertz CT molecular complexity index is 319. The van der Waals surface area contributed by atoms with Crippen LogP contribution in [0.3, 0.4) is 0 Å². The van der Waals surface area contributed by atoms with Crippen LogP contribution in [-0.2, 0) is 9.59 Å². The Morgan fingerprint density at radius 3 is 2.76 bits per heavy atom. The van der Waals surface area contributed by atoms with Gasteiger partial charge < -0.3 is 15.3 Å². The molecule has 0 spiro atoms. The normalized spacial score (nSPS) is 34.1. The molecule has 3 atom stereocenters. The Kier molecular flexibility index (Phi) is 3.66. The largest absolute Gasteiger partial charge is 0.481 e. The highest BCUT2D eigenvalue weighted by Crippen LogP contribution is 2.25. The van der Waals surface area contributed by atoms with Crippen LogP contribution < -0.4 is 5.32 Å². The van der Waals surface area contributed by atoms with Gasteiger partial charge in [0.05, 0.1) is 12.0 Å². The predicted octanol–water partition coefficient (Wildman–Crippen LogP) is 0.450. The Balaban J connectivity index is 1.87. The van der Waals surface area contributed by atoms with E-state index >= 15 is 0 Å². The number of carbonyl (C=O) groups excluding carboxylic acids is 1. The molecule has 96 valence electrons. The quantitative estimate of drug-likeness (QED) is 0.751. The Hall–Kier alpha value is -1.10. The summed E-state index contributed by atoms with van der Waals surface area (Å²) in [6.45, 7) is 0.797. The molecule has 1 amide bonds. The fourth-order valence-electron chi connectivity index (χ4n) is 2.83. The molecule has 1 aliphatic carbocycles. The monoisotopic (exact) mass is 240 g/mol. The number of rotatable bonds is 3. The molecule has 0 aromatic carbocycles. The highest BCUT2D eigenvalue weighted by Gasteiger charge is 2.33. The molecule has 1 heterocycles. The van der Waals surface area contributed by atoms with Gasteiger partial charge >= 0.3 is 5.97 Å². The first-order valence-corrected chi connectivity index (χ1v) is 6.31. The van der Waals surface area contributed by atoms with E-state index in [1.54, 1.807) is 4.90 Å². The van der Waals surface area contributed by atoms with Crippen LogP contribution in [0.5, 0.6) is 0 Å². The maximum Gasteiger partial charge on any atom is 0.306 e. The summed E-state index contributed by atoms with van der Waals surface area (Å²) in [4.78, 5) is 24.4. The third-order valence-electron chi connectivity index (χ3n) is 3.89. The number of hydrogen-bond acceptors (Lipinski definition) is 3. The maximum atomic E-state index is 11.7. The van der Waals surface area contributed by atoms with Gasteiger partial charge in [0.15, 0.2) is 0 Å². The van der Waals surface area contributed by atoms with Crippen LogP contribution in [0.4, 0.5) is 0 Å². The van der Waals surface area contributed by atoms with E-state index in [0.29, 0.717) is 6.42 Å². The van der Waals surface area contributed by atoms with Crippen LogP contribution in [0.15, 0.2) is 0 Å². The minimum Gasteiger partial charge on any atom is -0.481 e. The predicted molar refractivity (Wildman–Crippen MR) is 62.6 cm³/mol. The SMILES string of the molecule is CN1CCC(NC2CCCC(C(=O)O)C2)C1=O. The highest BCUT2D eigenvalue weighted by molar-refractivity contribution is 5.83. The van der Waals surface area contributed by atoms with Crippen molar-refractivity contribution < 1.29 is 14.7 Å². The summed E-state index contributed by atoms with van der Waals surface area (Å²) in [6.07, 6.45) is 4.18. The lowest BCUT2D eigenvalue weighted by atomic mass is 9.85. The molecule has 0 aromatic rings. The van der Waals surface area contributed by atoms with Gasteiger partial charge in [-0.2, -0.15) is 0 Å². The first-order valence-electron chi connectivity index (χ1n) is 6.31. The molecular weight excluding hydrogens is 220 g/mol. The first-order chi connectivity index (χ1) is 8.08. The summed E-state index contributed by atoms with van der Waals surface area (Å²) in [6, 6.07) is 0.0860. The zero-order chi connectivity index (χ0) is 12.4. The molecule has 5 heteroatoms. The second kappa shape index (κ2) is 5.04. The molecular formula is C12H20N2O3. The number of likely N-dealkylation sites (tertiary alicyclic amines) is 1. The van der Waals surface area contributed by atoms with E-state index in [-0.39, 0.29) is 23.9 Å². The van der Waals surface area contributed by atoms with Gasteiger partial charge in [-0.15, -0.1) is 0 Å². The van der Waals surface area contributed by atoms with Crippen LogP contribution in [0.25, 0.3) is 0 Å². The van der Waals surface area contributed by atoms with Gasteiger partial charge in [0, 0.05) is 19.6 Å². The number of nitrogens with one attached hydrogen (secondary N) is 1. The summed E-state index contributed by atoms with van der Waals surface area (Å²) in [5.41, 5.74) is 0. The van der Waals surface area contributed by atoms with E-state index in [1.165, 1.54) is 0 Å². The summed E-state index contributed by atoms with van der Waals surface area (Å²) < 4.78 is 0. The van der Waals surface area contributed by atoms with Gasteiger partial charge in [-0.1, -0.05) is 6.42 Å². The molecule has 0 bridgehead atoms. The van der Waals surface area contributed by atoms with Crippen LogP contribution in [0.1, 0.15) is 32.1 Å². The fourth-order valence-corrected chi connectivity index (χ4v) is 2.83. The van der Waals surface area contributed by atoms with Gasteiger partial charge in [-0.05, 0) is 25.7 Å². The molecule has 3 unspecified atom stereocenters. The number of carboxylic acid groups (broad SMARTS) is 1. The molecule has 1 aliphatic heterocycles. The lowest BCUT2D eigenvalue weighted by molar-refractivity contribution is -0.143. The van der Waals surface area contributed by atoms with Gasteiger partial charge in [0.25, 0.3) is 0 Å². The second-order valence-electron chi connectivity index (χ2n) is 5.17. The zero-order valence-corrected chi connectivity index (χ0v) is 10.2. The van der Waals surface area contributed by atoms with Crippen molar-refractivity contribution in [3.8, 4) is 0 Å². The van der Waals surface area contributed by atoms with Crippen molar-refractivity contribution in [3.05, 3.63) is 0 Å². The van der Waals surface area contributed by atoms with Crippen molar-refractivity contribution in [3.63, 3.8) is 0 Å². The Morgan fingerprint density at radius 1 is 1.41 bits per heavy atom. The number of carbonyl (C=O) groups is 2. The summed E-state index contributed by atoms with van der Waals surface area (Å²) in [7, 11) is 1.81. The van der Waals surface area contributed by atoms with Crippen LogP contribution >= 0.6 is 0 Å². The maximum absolute atomic E-state index is 11.7. The third kappa shape index (κ3) is 2.77. The van der Waals surface area contributed by atoms with E-state index in [0.717, 1.165) is 32.2 Å². The molecule has 5 nitrogen and oxygen atoms in total. The summed E-state index contributed by atoms with van der Waals surface area (Å²) in [5, 5.41) is 12.3. The van der Waals surface area contributed by atoms with Gasteiger partial charge in [-0.3, -0.25) is 9.59 Å². The standard InChI is InChI=1S/C12H20N2O3/c1-14-6-5-10(11(14)15)13-9-4-2-3-8(7-9)12(16)17/h8-10,13H,2-7H2,1H3,(H,16,17). The topological polar surface area (TPSA) is 69.6 Å². The minimum absolute atomic E-state index is 0.0995. The smallest absolute Gasteiger partial charge is 0.306 e. The van der Waals surface area contributed by atoms with E-state index < -0.39 is 5.97 Å². The van der Waals surface area contributed by atoms with Crippen molar-refractivity contribution in [2.75, 3.05) is 13.6 Å². The van der Waals surface area contributed by atoms with Gasteiger partial charge in [0.2, 0.25) is 5.91 Å². The molecule has 0 radical (unpaired) electrons. The molecule has 2 rings (SSSR count). The summed E-state index contributed by atoms with van der Waals surface area (Å²) >= 11 is 0. The molecule has 0 aromatic heterocycles. The number of likely N-dealkylation sites (N-methyl/N-ethyl adjacent to an activating group) is 1. The number of aliphatic carboxylic acids is 1. The number of amides is 1. The lowest BCUT2D eigenvalue weighted by Gasteiger charge is -2.29. The fraction of sp³-hybridized carbons (Fsp3) is 0.833. The summed E-state index contributed by atoms with van der Waals surface area (Å²) in [5.74, 6) is -0.802. The van der Waals surface area contributed by atoms with Crippen LogP contribution in [-0.4, -0.2) is 47.6 Å². The van der Waals surface area contributed by atoms with E-state index in [9.17, 15) is 9.59 Å². The Labute approximate surface area is 101 Å². The molecule has 2 fully saturated rings. The number of carboxylic acids is 1. The van der Waals surface area contributed by atoms with Crippen molar-refractivity contribution in [1.82, 2.24) is 10.2 Å². The number of hydrogen-bond donors (Lipinski definition) is 2. The lowest BCUT2D eigenvalue weighted by Crippen LogP contribution is -2.45. The Morgan fingerprint density at radius 2 is 2.18 bits per heavy atom. The average Bonchev–Trinajstić information content (AvgIpc) is 2.61. The molecule has 17 heavy (non-hydrogen) atoms. The van der Waals surface area contributed by atoms with E-state index in [2.05, 4.69) is 5.32 Å².